The molecule has 2 rings (SSSR count). The summed E-state index contributed by atoms with van der Waals surface area (Å²) in [6, 6.07) is 3.32. The van der Waals surface area contributed by atoms with Crippen LogP contribution >= 0.6 is 24.0 Å². The predicted octanol–water partition coefficient (Wildman–Crippen LogP) is 3.35. The Morgan fingerprint density at radius 1 is 1.22 bits per heavy atom. The van der Waals surface area contributed by atoms with Crippen LogP contribution in [-0.2, 0) is 0 Å². The van der Waals surface area contributed by atoms with Gasteiger partial charge >= 0.3 is 6.18 Å². The van der Waals surface area contributed by atoms with Gasteiger partial charge in [0.1, 0.15) is 0 Å². The average Bonchev–Trinajstić information content (AvgIpc) is 3.14. The molecular formula is C17H26F3IN4O2. The van der Waals surface area contributed by atoms with E-state index in [0.717, 1.165) is 0 Å². The zero-order valence-electron chi connectivity index (χ0n) is 15.3. The van der Waals surface area contributed by atoms with E-state index in [-0.39, 0.29) is 36.3 Å². The number of guanidine groups is 1. The van der Waals surface area contributed by atoms with E-state index in [0.29, 0.717) is 57.4 Å². The molecule has 0 aliphatic carbocycles. The zero-order valence-corrected chi connectivity index (χ0v) is 17.6. The Morgan fingerprint density at radius 3 is 2.44 bits per heavy atom. The first kappa shape index (κ1) is 23.6. The van der Waals surface area contributed by atoms with Crippen molar-refractivity contribution >= 4 is 35.8 Å². The normalized spacial score (nSPS) is 15.5. The third kappa shape index (κ3) is 7.97. The van der Waals surface area contributed by atoms with Crippen molar-refractivity contribution in [3.8, 4) is 0 Å². The Labute approximate surface area is 174 Å². The molecule has 10 heteroatoms. The lowest BCUT2D eigenvalue weighted by Crippen LogP contribution is -2.53. The molecule has 1 aliphatic heterocycles. The Balaban J connectivity index is 0.00000364. The standard InChI is InChI=1S/C17H25F3N4O2.HI/c1-2-21-16(22-8-4-3-7-17(18,19)20)24-11-9-23(10-12-24)15(25)14-6-5-13-26-14;/h5-6,13H,2-4,7-12H2,1H3,(H,21,22);1H. The average molecular weight is 502 g/mol. The number of piperazine rings is 1. The molecule has 0 saturated carbocycles. The summed E-state index contributed by atoms with van der Waals surface area (Å²) in [4.78, 5) is 20.4. The molecule has 1 saturated heterocycles. The number of alkyl halides is 3. The summed E-state index contributed by atoms with van der Waals surface area (Å²) in [5, 5.41) is 3.16. The number of halogens is 4. The summed E-state index contributed by atoms with van der Waals surface area (Å²) in [6.45, 7) is 5.27. The predicted molar refractivity (Wildman–Crippen MR) is 107 cm³/mol. The van der Waals surface area contributed by atoms with Crippen LogP contribution in [0.5, 0.6) is 0 Å². The second-order valence-corrected chi connectivity index (χ2v) is 6.06. The van der Waals surface area contributed by atoms with Gasteiger partial charge in [-0.3, -0.25) is 9.79 Å². The summed E-state index contributed by atoms with van der Waals surface area (Å²) >= 11 is 0. The van der Waals surface area contributed by atoms with Gasteiger partial charge in [-0.15, -0.1) is 24.0 Å². The van der Waals surface area contributed by atoms with Gasteiger partial charge in [0.25, 0.3) is 5.91 Å². The molecule has 27 heavy (non-hydrogen) atoms. The molecule has 1 aromatic heterocycles. The summed E-state index contributed by atoms with van der Waals surface area (Å²) in [7, 11) is 0. The number of aliphatic imine (C=N–C) groups is 1. The molecule has 1 N–H and O–H groups in total. The van der Waals surface area contributed by atoms with E-state index in [4.69, 9.17) is 4.42 Å². The molecule has 0 aromatic carbocycles. The fraction of sp³-hybridized carbons (Fsp3) is 0.647. The number of unbranched alkanes of at least 4 members (excludes halogenated alkanes) is 1. The second-order valence-electron chi connectivity index (χ2n) is 6.06. The Kier molecular flexibility index (Phi) is 9.95. The van der Waals surface area contributed by atoms with Crippen molar-refractivity contribution in [2.75, 3.05) is 39.3 Å². The number of hydrogen-bond donors (Lipinski definition) is 1. The van der Waals surface area contributed by atoms with Crippen LogP contribution < -0.4 is 5.32 Å². The van der Waals surface area contributed by atoms with Crippen molar-refractivity contribution in [2.24, 2.45) is 4.99 Å². The highest BCUT2D eigenvalue weighted by Gasteiger charge is 2.26. The maximum Gasteiger partial charge on any atom is 0.389 e. The minimum atomic E-state index is -4.11. The van der Waals surface area contributed by atoms with E-state index < -0.39 is 12.6 Å². The first-order valence-corrected chi connectivity index (χ1v) is 8.83. The molecular weight excluding hydrogens is 476 g/mol. The van der Waals surface area contributed by atoms with Crippen molar-refractivity contribution in [2.45, 2.75) is 32.4 Å². The van der Waals surface area contributed by atoms with Gasteiger partial charge in [0.2, 0.25) is 0 Å². The zero-order chi connectivity index (χ0) is 19.0. The molecule has 0 spiro atoms. The quantitative estimate of drug-likeness (QED) is 0.281. The van der Waals surface area contributed by atoms with Crippen LogP contribution in [-0.4, -0.2) is 67.1 Å². The Morgan fingerprint density at radius 2 is 1.89 bits per heavy atom. The molecule has 1 aromatic rings. The van der Waals surface area contributed by atoms with E-state index in [9.17, 15) is 18.0 Å². The first-order valence-electron chi connectivity index (χ1n) is 8.83. The number of rotatable bonds is 6. The monoisotopic (exact) mass is 502 g/mol. The molecule has 1 amide bonds. The van der Waals surface area contributed by atoms with Gasteiger partial charge in [0.15, 0.2) is 11.7 Å². The summed E-state index contributed by atoms with van der Waals surface area (Å²) in [5.41, 5.74) is 0. The van der Waals surface area contributed by atoms with Gasteiger partial charge in [0.05, 0.1) is 6.26 Å². The van der Waals surface area contributed by atoms with Crippen LogP contribution in [0.3, 0.4) is 0 Å². The SMILES string of the molecule is CCNC(=NCCCCC(F)(F)F)N1CCN(C(=O)c2ccco2)CC1.I. The lowest BCUT2D eigenvalue weighted by molar-refractivity contribution is -0.135. The Hall–Kier alpha value is -1.46. The summed E-state index contributed by atoms with van der Waals surface area (Å²) < 4.78 is 41.6. The maximum absolute atomic E-state index is 12.3. The third-order valence-electron chi connectivity index (χ3n) is 4.06. The largest absolute Gasteiger partial charge is 0.459 e. The van der Waals surface area contributed by atoms with Gasteiger partial charge in [-0.2, -0.15) is 13.2 Å². The topological polar surface area (TPSA) is 61.1 Å². The lowest BCUT2D eigenvalue weighted by atomic mass is 10.2. The van der Waals surface area contributed by atoms with Gasteiger partial charge in [-0.05, 0) is 31.9 Å². The van der Waals surface area contributed by atoms with Gasteiger partial charge < -0.3 is 19.5 Å². The van der Waals surface area contributed by atoms with Crippen molar-refractivity contribution in [1.29, 1.82) is 0 Å². The highest BCUT2D eigenvalue weighted by atomic mass is 127. The van der Waals surface area contributed by atoms with E-state index in [2.05, 4.69) is 10.3 Å². The van der Waals surface area contributed by atoms with Gasteiger partial charge in [-0.25, -0.2) is 0 Å². The number of nitrogens with zero attached hydrogens (tertiary/aromatic N) is 3. The van der Waals surface area contributed by atoms with Crippen LogP contribution in [0.2, 0.25) is 0 Å². The first-order chi connectivity index (χ1) is 12.4. The van der Waals surface area contributed by atoms with E-state index in [1.54, 1.807) is 17.0 Å². The molecule has 2 heterocycles. The molecule has 1 aliphatic rings. The molecule has 0 radical (unpaired) electrons. The fourth-order valence-corrected chi connectivity index (χ4v) is 2.73. The molecule has 6 nitrogen and oxygen atoms in total. The van der Waals surface area contributed by atoms with Crippen molar-refractivity contribution in [1.82, 2.24) is 15.1 Å². The third-order valence-corrected chi connectivity index (χ3v) is 4.06. The number of nitrogens with one attached hydrogen (secondary N) is 1. The minimum absolute atomic E-state index is 0. The fourth-order valence-electron chi connectivity index (χ4n) is 2.73. The number of amides is 1. The summed E-state index contributed by atoms with van der Waals surface area (Å²) in [6.07, 6.45) is -2.93. The van der Waals surface area contributed by atoms with E-state index >= 15 is 0 Å². The minimum Gasteiger partial charge on any atom is -0.459 e. The van der Waals surface area contributed by atoms with Crippen molar-refractivity contribution in [3.63, 3.8) is 0 Å². The van der Waals surface area contributed by atoms with Crippen LogP contribution in [0, 0.1) is 0 Å². The number of carbonyl (C=O) groups excluding carboxylic acids is 1. The van der Waals surface area contributed by atoms with Crippen LogP contribution in [0.1, 0.15) is 36.7 Å². The highest BCUT2D eigenvalue weighted by molar-refractivity contribution is 14.0. The molecule has 154 valence electrons. The van der Waals surface area contributed by atoms with E-state index in [1.807, 2.05) is 11.8 Å². The molecule has 0 bridgehead atoms. The second kappa shape index (κ2) is 11.4. The molecule has 0 unspecified atom stereocenters. The van der Waals surface area contributed by atoms with E-state index in [1.165, 1.54) is 6.26 Å². The number of furan rings is 1. The van der Waals surface area contributed by atoms with Crippen molar-refractivity contribution in [3.05, 3.63) is 24.2 Å². The highest BCUT2D eigenvalue weighted by Crippen LogP contribution is 2.22. The number of carbonyl (C=O) groups is 1. The number of hydrogen-bond acceptors (Lipinski definition) is 3. The summed E-state index contributed by atoms with van der Waals surface area (Å²) in [5.74, 6) is 0.872. The molecule has 1 fully saturated rings. The Bertz CT molecular complexity index is 585. The maximum atomic E-state index is 12.3. The van der Waals surface area contributed by atoms with Crippen LogP contribution in [0.4, 0.5) is 13.2 Å². The van der Waals surface area contributed by atoms with Crippen molar-refractivity contribution < 1.29 is 22.4 Å². The van der Waals surface area contributed by atoms with Gasteiger partial charge in [-0.1, -0.05) is 0 Å². The van der Waals surface area contributed by atoms with Gasteiger partial charge in [0, 0.05) is 45.7 Å². The smallest absolute Gasteiger partial charge is 0.389 e. The van der Waals surface area contributed by atoms with Crippen LogP contribution in [0.25, 0.3) is 0 Å². The molecule has 0 atom stereocenters. The van der Waals surface area contributed by atoms with Crippen LogP contribution in [0.15, 0.2) is 27.8 Å². The lowest BCUT2D eigenvalue weighted by Gasteiger charge is -2.36.